The van der Waals surface area contributed by atoms with Gasteiger partial charge in [-0.05, 0) is 50.9 Å². The number of hydrogen-bond acceptors (Lipinski definition) is 2. The van der Waals surface area contributed by atoms with Crippen molar-refractivity contribution in [2.45, 2.75) is 47.2 Å². The Balaban J connectivity index is 2.38. The van der Waals surface area contributed by atoms with Crippen molar-refractivity contribution in [3.8, 4) is 0 Å². The lowest BCUT2D eigenvalue weighted by Gasteiger charge is -2.23. The van der Waals surface area contributed by atoms with E-state index in [1.54, 1.807) is 6.20 Å². The maximum Gasteiger partial charge on any atom is 0.0814 e. The zero-order valence-electron chi connectivity index (χ0n) is 13.5. The number of aryl methyl sites for hydroxylation is 3. The highest BCUT2D eigenvalue weighted by molar-refractivity contribution is 6.31. The molecule has 1 atom stereocenters. The Kier molecular flexibility index (Phi) is 5.07. The molecule has 4 heteroatoms. The molecule has 1 unspecified atom stereocenters. The predicted octanol–water partition coefficient (Wildman–Crippen LogP) is 4.12. The second-order valence-corrected chi connectivity index (χ2v) is 6.09. The van der Waals surface area contributed by atoms with Gasteiger partial charge in [0.1, 0.15) is 0 Å². The van der Waals surface area contributed by atoms with E-state index in [4.69, 9.17) is 11.6 Å². The van der Waals surface area contributed by atoms with E-state index in [2.05, 4.69) is 50.2 Å². The smallest absolute Gasteiger partial charge is 0.0814 e. The molecule has 0 aliphatic heterocycles. The maximum absolute atomic E-state index is 6.12. The van der Waals surface area contributed by atoms with E-state index in [0.717, 1.165) is 23.8 Å². The van der Waals surface area contributed by atoms with Gasteiger partial charge in [0.2, 0.25) is 0 Å². The van der Waals surface area contributed by atoms with Crippen molar-refractivity contribution in [3.05, 3.63) is 51.3 Å². The second-order valence-electron chi connectivity index (χ2n) is 5.68. The van der Waals surface area contributed by atoms with Gasteiger partial charge in [0.05, 0.1) is 29.5 Å². The van der Waals surface area contributed by atoms with Gasteiger partial charge in [-0.2, -0.15) is 5.10 Å². The first kappa shape index (κ1) is 16.1. The van der Waals surface area contributed by atoms with Crippen molar-refractivity contribution in [1.29, 1.82) is 0 Å². The molecular formula is C17H24ClN3. The molecule has 0 bridgehead atoms. The first-order valence-electron chi connectivity index (χ1n) is 7.43. The summed E-state index contributed by atoms with van der Waals surface area (Å²) in [4.78, 5) is 0. The number of nitrogens with one attached hydrogen (secondary N) is 1. The molecule has 0 spiro atoms. The molecule has 1 heterocycles. The molecule has 0 amide bonds. The van der Waals surface area contributed by atoms with Crippen LogP contribution in [0.3, 0.4) is 0 Å². The molecule has 2 aromatic rings. The van der Waals surface area contributed by atoms with E-state index in [-0.39, 0.29) is 6.04 Å². The van der Waals surface area contributed by atoms with E-state index in [1.165, 1.54) is 22.3 Å². The minimum Gasteiger partial charge on any atom is -0.309 e. The van der Waals surface area contributed by atoms with Crippen LogP contribution in [0.25, 0.3) is 0 Å². The summed E-state index contributed by atoms with van der Waals surface area (Å²) in [6, 6.07) is 4.73. The SMILES string of the molecule is CCNC(Cn1ncc(Cl)c1C)c1c(C)cc(C)cc1C. The largest absolute Gasteiger partial charge is 0.309 e. The molecule has 0 saturated heterocycles. The zero-order valence-corrected chi connectivity index (χ0v) is 14.3. The van der Waals surface area contributed by atoms with E-state index in [1.807, 2.05) is 11.6 Å². The number of halogens is 1. The summed E-state index contributed by atoms with van der Waals surface area (Å²) in [6.45, 7) is 12.4. The van der Waals surface area contributed by atoms with Crippen LogP contribution < -0.4 is 5.32 Å². The molecular weight excluding hydrogens is 282 g/mol. The molecule has 0 saturated carbocycles. The van der Waals surface area contributed by atoms with Crippen LogP contribution in [0.1, 0.15) is 40.9 Å². The van der Waals surface area contributed by atoms with Gasteiger partial charge >= 0.3 is 0 Å². The summed E-state index contributed by atoms with van der Waals surface area (Å²) in [5.74, 6) is 0. The van der Waals surface area contributed by atoms with Crippen LogP contribution in [0.15, 0.2) is 18.3 Å². The Bertz CT molecular complexity index is 608. The lowest BCUT2D eigenvalue weighted by atomic mass is 9.94. The van der Waals surface area contributed by atoms with Crippen molar-refractivity contribution < 1.29 is 0 Å². The van der Waals surface area contributed by atoms with E-state index >= 15 is 0 Å². The van der Waals surface area contributed by atoms with Crippen LogP contribution in [0, 0.1) is 27.7 Å². The quantitative estimate of drug-likeness (QED) is 0.900. The number of hydrogen-bond donors (Lipinski definition) is 1. The van der Waals surface area contributed by atoms with E-state index < -0.39 is 0 Å². The van der Waals surface area contributed by atoms with Crippen LogP contribution in [0.2, 0.25) is 5.02 Å². The molecule has 0 aliphatic rings. The Morgan fingerprint density at radius 1 is 1.19 bits per heavy atom. The van der Waals surface area contributed by atoms with Crippen LogP contribution in [0.4, 0.5) is 0 Å². The fourth-order valence-corrected chi connectivity index (χ4v) is 3.17. The van der Waals surface area contributed by atoms with Crippen molar-refractivity contribution in [1.82, 2.24) is 15.1 Å². The molecule has 0 fully saturated rings. The number of likely N-dealkylation sites (N-methyl/N-ethyl adjacent to an activating group) is 1. The lowest BCUT2D eigenvalue weighted by molar-refractivity contribution is 0.439. The number of rotatable bonds is 5. The minimum absolute atomic E-state index is 0.241. The molecule has 1 N–H and O–H groups in total. The third kappa shape index (κ3) is 3.47. The maximum atomic E-state index is 6.12. The topological polar surface area (TPSA) is 29.9 Å². The van der Waals surface area contributed by atoms with E-state index in [9.17, 15) is 0 Å². The number of benzene rings is 1. The molecule has 1 aromatic carbocycles. The monoisotopic (exact) mass is 305 g/mol. The highest BCUT2D eigenvalue weighted by Gasteiger charge is 2.18. The van der Waals surface area contributed by atoms with Gasteiger partial charge in [-0.1, -0.05) is 36.2 Å². The predicted molar refractivity (Wildman–Crippen MR) is 89.0 cm³/mol. The average molecular weight is 306 g/mol. The molecule has 3 nitrogen and oxygen atoms in total. The number of aromatic nitrogens is 2. The van der Waals surface area contributed by atoms with Crippen molar-refractivity contribution >= 4 is 11.6 Å². The van der Waals surface area contributed by atoms with Crippen LogP contribution >= 0.6 is 11.6 Å². The van der Waals surface area contributed by atoms with Gasteiger partial charge in [0.25, 0.3) is 0 Å². The summed E-state index contributed by atoms with van der Waals surface area (Å²) in [7, 11) is 0. The molecule has 0 aliphatic carbocycles. The van der Waals surface area contributed by atoms with Crippen molar-refractivity contribution in [2.24, 2.45) is 0 Å². The first-order chi connectivity index (χ1) is 9.93. The highest BCUT2D eigenvalue weighted by Crippen LogP contribution is 2.26. The third-order valence-corrected chi connectivity index (χ3v) is 4.31. The molecule has 1 aromatic heterocycles. The van der Waals surface area contributed by atoms with Crippen molar-refractivity contribution in [2.75, 3.05) is 6.54 Å². The van der Waals surface area contributed by atoms with Gasteiger partial charge in [0, 0.05) is 0 Å². The highest BCUT2D eigenvalue weighted by atomic mass is 35.5. The fourth-order valence-electron chi connectivity index (χ4n) is 3.03. The van der Waals surface area contributed by atoms with Crippen LogP contribution in [0.5, 0.6) is 0 Å². The van der Waals surface area contributed by atoms with Crippen LogP contribution in [-0.2, 0) is 6.54 Å². The molecule has 2 rings (SSSR count). The second kappa shape index (κ2) is 6.63. The minimum atomic E-state index is 0.241. The average Bonchev–Trinajstić information content (AvgIpc) is 2.69. The summed E-state index contributed by atoms with van der Waals surface area (Å²) in [6.07, 6.45) is 1.72. The Labute approximate surface area is 132 Å². The molecule has 114 valence electrons. The first-order valence-corrected chi connectivity index (χ1v) is 7.80. The Hall–Kier alpha value is -1.32. The van der Waals surface area contributed by atoms with Crippen molar-refractivity contribution in [3.63, 3.8) is 0 Å². The van der Waals surface area contributed by atoms with Gasteiger partial charge < -0.3 is 5.32 Å². The normalized spacial score (nSPS) is 12.7. The Morgan fingerprint density at radius 2 is 1.81 bits per heavy atom. The summed E-state index contributed by atoms with van der Waals surface area (Å²) >= 11 is 6.12. The van der Waals surface area contributed by atoms with E-state index in [0.29, 0.717) is 0 Å². The summed E-state index contributed by atoms with van der Waals surface area (Å²) in [5, 5.41) is 8.69. The Morgan fingerprint density at radius 3 is 2.29 bits per heavy atom. The lowest BCUT2D eigenvalue weighted by Crippen LogP contribution is -2.27. The third-order valence-electron chi connectivity index (χ3n) is 3.94. The van der Waals surface area contributed by atoms with Gasteiger partial charge in [0.15, 0.2) is 0 Å². The molecule has 0 radical (unpaired) electrons. The van der Waals surface area contributed by atoms with Gasteiger partial charge in [-0.25, -0.2) is 0 Å². The van der Waals surface area contributed by atoms with Gasteiger partial charge in [-0.3, -0.25) is 4.68 Å². The standard InChI is InChI=1S/C17H24ClN3/c1-6-19-16(10-21-14(5)15(18)9-20-21)17-12(3)7-11(2)8-13(17)4/h7-9,16,19H,6,10H2,1-5H3. The summed E-state index contributed by atoms with van der Waals surface area (Å²) < 4.78 is 1.98. The fraction of sp³-hybridized carbons (Fsp3) is 0.471. The number of nitrogens with zero attached hydrogens (tertiary/aromatic N) is 2. The summed E-state index contributed by atoms with van der Waals surface area (Å²) in [5.41, 5.74) is 6.35. The van der Waals surface area contributed by atoms with Crippen LogP contribution in [-0.4, -0.2) is 16.3 Å². The zero-order chi connectivity index (χ0) is 15.6. The van der Waals surface area contributed by atoms with Gasteiger partial charge in [-0.15, -0.1) is 0 Å². The molecule has 21 heavy (non-hydrogen) atoms.